The Bertz CT molecular complexity index is 361. The first-order valence-corrected chi connectivity index (χ1v) is 8.40. The number of hydrogen-bond donors (Lipinski definition) is 2. The maximum absolute atomic E-state index is 11.8. The van der Waals surface area contributed by atoms with Crippen molar-refractivity contribution in [1.82, 2.24) is 5.32 Å². The van der Waals surface area contributed by atoms with Crippen molar-refractivity contribution in [2.45, 2.75) is 25.4 Å². The van der Waals surface area contributed by atoms with Crippen LogP contribution in [0.4, 0.5) is 0 Å². The molecule has 1 unspecified atom stereocenters. The Kier molecular flexibility index (Phi) is 5.53. The second-order valence-electron chi connectivity index (χ2n) is 4.64. The summed E-state index contributed by atoms with van der Waals surface area (Å²) < 4.78 is 0. The van der Waals surface area contributed by atoms with Crippen molar-refractivity contribution in [2.24, 2.45) is 5.92 Å². The van der Waals surface area contributed by atoms with E-state index in [1.165, 1.54) is 11.5 Å². The van der Waals surface area contributed by atoms with E-state index in [0.29, 0.717) is 18.9 Å². The van der Waals surface area contributed by atoms with E-state index in [0.717, 1.165) is 18.4 Å². The third-order valence-electron chi connectivity index (χ3n) is 3.24. The molecule has 18 heavy (non-hydrogen) atoms. The number of amides is 1. The third kappa shape index (κ3) is 4.30. The SMILES string of the molecule is O=C(CC1CCSCC1)NCC(O)c1ccsc1. The summed E-state index contributed by atoms with van der Waals surface area (Å²) in [6.45, 7) is 0.317. The van der Waals surface area contributed by atoms with Gasteiger partial charge in [-0.2, -0.15) is 23.1 Å². The summed E-state index contributed by atoms with van der Waals surface area (Å²) in [5.41, 5.74) is 0.884. The van der Waals surface area contributed by atoms with Crippen molar-refractivity contribution in [2.75, 3.05) is 18.1 Å². The number of thioether (sulfide) groups is 1. The molecule has 5 heteroatoms. The van der Waals surface area contributed by atoms with Crippen LogP contribution in [0.15, 0.2) is 16.8 Å². The van der Waals surface area contributed by atoms with Crippen molar-refractivity contribution in [3.8, 4) is 0 Å². The predicted molar refractivity (Wildman–Crippen MR) is 77.0 cm³/mol. The van der Waals surface area contributed by atoms with Crippen LogP contribution in [0.5, 0.6) is 0 Å². The molecule has 1 aliphatic heterocycles. The molecule has 2 heterocycles. The first kappa shape index (κ1) is 13.9. The van der Waals surface area contributed by atoms with Crippen LogP contribution in [0.25, 0.3) is 0 Å². The quantitative estimate of drug-likeness (QED) is 0.873. The van der Waals surface area contributed by atoms with Gasteiger partial charge in [0.15, 0.2) is 0 Å². The van der Waals surface area contributed by atoms with Gasteiger partial charge in [-0.1, -0.05) is 0 Å². The van der Waals surface area contributed by atoms with Gasteiger partial charge in [0.2, 0.25) is 5.91 Å². The highest BCUT2D eigenvalue weighted by Crippen LogP contribution is 2.25. The van der Waals surface area contributed by atoms with E-state index < -0.39 is 6.10 Å². The van der Waals surface area contributed by atoms with Crippen molar-refractivity contribution in [3.63, 3.8) is 0 Å². The largest absolute Gasteiger partial charge is 0.387 e. The zero-order valence-electron chi connectivity index (χ0n) is 10.3. The smallest absolute Gasteiger partial charge is 0.220 e. The van der Waals surface area contributed by atoms with Gasteiger partial charge in [-0.05, 0) is 52.7 Å². The van der Waals surface area contributed by atoms with Gasteiger partial charge in [-0.25, -0.2) is 0 Å². The van der Waals surface area contributed by atoms with Crippen LogP contribution in [-0.2, 0) is 4.79 Å². The van der Waals surface area contributed by atoms with Crippen LogP contribution in [0.2, 0.25) is 0 Å². The number of hydrogen-bond acceptors (Lipinski definition) is 4. The second kappa shape index (κ2) is 7.16. The second-order valence-corrected chi connectivity index (χ2v) is 6.64. The van der Waals surface area contributed by atoms with Gasteiger partial charge in [-0.15, -0.1) is 0 Å². The fraction of sp³-hybridized carbons (Fsp3) is 0.615. The van der Waals surface area contributed by atoms with E-state index in [1.54, 1.807) is 11.3 Å². The fourth-order valence-corrected chi connectivity index (χ4v) is 3.99. The van der Waals surface area contributed by atoms with Crippen LogP contribution >= 0.6 is 23.1 Å². The molecule has 0 aliphatic carbocycles. The van der Waals surface area contributed by atoms with Gasteiger partial charge < -0.3 is 10.4 Å². The van der Waals surface area contributed by atoms with E-state index in [9.17, 15) is 9.90 Å². The van der Waals surface area contributed by atoms with Crippen LogP contribution in [0.1, 0.15) is 30.9 Å². The summed E-state index contributed by atoms with van der Waals surface area (Å²) in [6, 6.07) is 1.89. The summed E-state index contributed by atoms with van der Waals surface area (Å²) >= 11 is 3.53. The molecule has 1 amide bonds. The Morgan fingerprint density at radius 3 is 2.94 bits per heavy atom. The number of nitrogens with one attached hydrogen (secondary N) is 1. The highest BCUT2D eigenvalue weighted by Gasteiger charge is 2.18. The normalized spacial score (nSPS) is 18.5. The fourth-order valence-electron chi connectivity index (χ4n) is 2.08. The number of rotatable bonds is 5. The molecule has 100 valence electrons. The predicted octanol–water partition coefficient (Wildman–Crippen LogP) is 2.43. The Balaban J connectivity index is 1.68. The van der Waals surface area contributed by atoms with Gasteiger partial charge in [0.25, 0.3) is 0 Å². The van der Waals surface area contributed by atoms with E-state index in [-0.39, 0.29) is 5.91 Å². The molecule has 1 fully saturated rings. The number of thiophene rings is 1. The van der Waals surface area contributed by atoms with Crippen LogP contribution in [0.3, 0.4) is 0 Å². The third-order valence-corrected chi connectivity index (χ3v) is 4.99. The molecule has 1 atom stereocenters. The number of aliphatic hydroxyl groups excluding tert-OH is 1. The average molecular weight is 285 g/mol. The number of carbonyl (C=O) groups excluding carboxylic acids is 1. The van der Waals surface area contributed by atoms with Crippen LogP contribution in [0, 0.1) is 5.92 Å². The van der Waals surface area contributed by atoms with Crippen molar-refractivity contribution >= 4 is 29.0 Å². The molecule has 1 aliphatic rings. The Morgan fingerprint density at radius 1 is 1.50 bits per heavy atom. The first-order chi connectivity index (χ1) is 8.75. The zero-order valence-corrected chi connectivity index (χ0v) is 11.9. The summed E-state index contributed by atoms with van der Waals surface area (Å²) in [5.74, 6) is 2.95. The van der Waals surface area contributed by atoms with Gasteiger partial charge in [0.05, 0.1) is 6.10 Å². The molecule has 1 aromatic heterocycles. The van der Waals surface area contributed by atoms with Crippen molar-refractivity contribution in [3.05, 3.63) is 22.4 Å². The molecule has 2 N–H and O–H groups in total. The molecule has 0 aromatic carbocycles. The topological polar surface area (TPSA) is 49.3 Å². The summed E-state index contributed by atoms with van der Waals surface area (Å²) in [6.07, 6.45) is 2.31. The highest BCUT2D eigenvalue weighted by molar-refractivity contribution is 7.99. The monoisotopic (exact) mass is 285 g/mol. The zero-order chi connectivity index (χ0) is 12.8. The first-order valence-electron chi connectivity index (χ1n) is 6.30. The maximum Gasteiger partial charge on any atom is 0.220 e. The number of aliphatic hydroxyl groups is 1. The molecule has 0 saturated carbocycles. The molecule has 1 aromatic rings. The summed E-state index contributed by atoms with van der Waals surface area (Å²) in [7, 11) is 0. The van der Waals surface area contributed by atoms with E-state index in [1.807, 2.05) is 28.6 Å². The highest BCUT2D eigenvalue weighted by atomic mass is 32.2. The Morgan fingerprint density at radius 2 is 2.28 bits per heavy atom. The van der Waals surface area contributed by atoms with E-state index in [4.69, 9.17) is 0 Å². The van der Waals surface area contributed by atoms with Gasteiger partial charge in [0.1, 0.15) is 0 Å². The van der Waals surface area contributed by atoms with Gasteiger partial charge in [0, 0.05) is 13.0 Å². The van der Waals surface area contributed by atoms with Crippen LogP contribution < -0.4 is 5.32 Å². The molecular formula is C13H19NO2S2. The molecule has 1 saturated heterocycles. The minimum atomic E-state index is -0.581. The average Bonchev–Trinajstić information content (AvgIpc) is 2.91. The van der Waals surface area contributed by atoms with Crippen molar-refractivity contribution in [1.29, 1.82) is 0 Å². The number of carbonyl (C=O) groups is 1. The van der Waals surface area contributed by atoms with E-state index in [2.05, 4.69) is 5.32 Å². The lowest BCUT2D eigenvalue weighted by Gasteiger charge is -2.21. The molecular weight excluding hydrogens is 266 g/mol. The lowest BCUT2D eigenvalue weighted by molar-refractivity contribution is -0.122. The molecule has 0 spiro atoms. The Hall–Kier alpha value is -0.520. The van der Waals surface area contributed by atoms with Crippen molar-refractivity contribution < 1.29 is 9.90 Å². The molecule has 0 radical (unpaired) electrons. The molecule has 2 rings (SSSR count). The Labute approximate surface area is 116 Å². The standard InChI is InChI=1S/C13H19NO2S2/c15-12(11-3-6-18-9-11)8-14-13(16)7-10-1-4-17-5-2-10/h3,6,9-10,12,15H,1-2,4-5,7-8H2,(H,14,16). The van der Waals surface area contributed by atoms with Crippen LogP contribution in [-0.4, -0.2) is 29.1 Å². The summed E-state index contributed by atoms with van der Waals surface area (Å²) in [5, 5.41) is 16.5. The van der Waals surface area contributed by atoms with Gasteiger partial charge >= 0.3 is 0 Å². The van der Waals surface area contributed by atoms with Gasteiger partial charge in [-0.3, -0.25) is 4.79 Å². The minimum Gasteiger partial charge on any atom is -0.387 e. The molecule has 3 nitrogen and oxygen atoms in total. The molecule has 0 bridgehead atoms. The lowest BCUT2D eigenvalue weighted by Crippen LogP contribution is -2.30. The summed E-state index contributed by atoms with van der Waals surface area (Å²) in [4.78, 5) is 11.8. The van der Waals surface area contributed by atoms with E-state index >= 15 is 0 Å². The lowest BCUT2D eigenvalue weighted by atomic mass is 9.98. The minimum absolute atomic E-state index is 0.0705. The maximum atomic E-state index is 11.8.